The zero-order chi connectivity index (χ0) is 20.2. The number of fused-ring (bicyclic) bond motifs is 1. The van der Waals surface area contributed by atoms with Crippen LogP contribution in [0.1, 0.15) is 12.5 Å². The second-order valence-corrected chi connectivity index (χ2v) is 6.77. The number of aliphatic hydroxyl groups excluding tert-OH is 1. The van der Waals surface area contributed by atoms with Crippen LogP contribution in [0.25, 0.3) is 16.9 Å². The highest BCUT2D eigenvalue weighted by Gasteiger charge is 2.10. The number of hydrogen-bond donors (Lipinski definition) is 2. The highest BCUT2D eigenvalue weighted by atomic mass is 16.3. The van der Waals surface area contributed by atoms with E-state index in [-0.39, 0.29) is 6.61 Å². The molecule has 148 valence electrons. The number of hydrogen-bond acceptors (Lipinski definition) is 6. The van der Waals surface area contributed by atoms with Crippen LogP contribution in [0.2, 0.25) is 0 Å². The summed E-state index contributed by atoms with van der Waals surface area (Å²) < 4.78 is 1.95. The van der Waals surface area contributed by atoms with Gasteiger partial charge in [-0.05, 0) is 55.8 Å². The Balaban J connectivity index is 1.63. The van der Waals surface area contributed by atoms with E-state index in [0.717, 1.165) is 40.3 Å². The fourth-order valence-electron chi connectivity index (χ4n) is 3.36. The number of aryl methyl sites for hydroxylation is 1. The van der Waals surface area contributed by atoms with E-state index in [1.165, 1.54) is 0 Å². The number of nitrogens with zero attached hydrogens (tertiary/aromatic N) is 5. The third-order valence-electron chi connectivity index (χ3n) is 4.90. The van der Waals surface area contributed by atoms with E-state index in [0.29, 0.717) is 12.5 Å². The van der Waals surface area contributed by atoms with Crippen LogP contribution < -0.4 is 10.2 Å². The fraction of sp³-hybridized carbons (Fsp3) is 0.227. The first kappa shape index (κ1) is 18.9. The number of benzene rings is 1. The van der Waals surface area contributed by atoms with Crippen molar-refractivity contribution in [2.24, 2.45) is 0 Å². The van der Waals surface area contributed by atoms with E-state index in [2.05, 4.69) is 33.2 Å². The molecule has 0 bridgehead atoms. The molecule has 1 aromatic carbocycles. The van der Waals surface area contributed by atoms with Crippen molar-refractivity contribution < 1.29 is 5.11 Å². The van der Waals surface area contributed by atoms with Crippen LogP contribution >= 0.6 is 0 Å². The van der Waals surface area contributed by atoms with Gasteiger partial charge in [-0.15, -0.1) is 0 Å². The minimum atomic E-state index is 0.136. The lowest BCUT2D eigenvalue weighted by Gasteiger charge is -2.23. The average Bonchev–Trinajstić information content (AvgIpc) is 3.17. The second-order valence-electron chi connectivity index (χ2n) is 6.77. The predicted octanol–water partition coefficient (Wildman–Crippen LogP) is 3.69. The first-order chi connectivity index (χ1) is 14.2. The van der Waals surface area contributed by atoms with Gasteiger partial charge in [-0.1, -0.05) is 6.07 Å². The Labute approximate surface area is 169 Å². The normalized spacial score (nSPS) is 11.0. The van der Waals surface area contributed by atoms with Crippen molar-refractivity contribution in [3.05, 3.63) is 66.6 Å². The molecule has 0 aliphatic carbocycles. The largest absolute Gasteiger partial charge is 0.395 e. The molecule has 0 fully saturated rings. The molecule has 0 saturated carbocycles. The third-order valence-corrected chi connectivity index (χ3v) is 4.90. The van der Waals surface area contributed by atoms with Crippen molar-refractivity contribution >= 4 is 28.4 Å². The Morgan fingerprint density at radius 2 is 2.03 bits per heavy atom. The van der Waals surface area contributed by atoms with Crippen molar-refractivity contribution in [2.75, 3.05) is 29.9 Å². The Morgan fingerprint density at radius 1 is 1.14 bits per heavy atom. The summed E-state index contributed by atoms with van der Waals surface area (Å²) in [6, 6.07) is 14.0. The number of anilines is 3. The number of rotatable bonds is 7. The van der Waals surface area contributed by atoms with Crippen molar-refractivity contribution in [1.82, 2.24) is 19.5 Å². The van der Waals surface area contributed by atoms with Crippen LogP contribution in [0.3, 0.4) is 0 Å². The summed E-state index contributed by atoms with van der Waals surface area (Å²) in [7, 11) is 0. The lowest BCUT2D eigenvalue weighted by molar-refractivity contribution is 0.302. The topological polar surface area (TPSA) is 79.1 Å². The van der Waals surface area contributed by atoms with Gasteiger partial charge >= 0.3 is 0 Å². The molecule has 4 rings (SSSR count). The zero-order valence-corrected chi connectivity index (χ0v) is 16.6. The molecule has 0 amide bonds. The molecular formula is C22H24N6O. The summed E-state index contributed by atoms with van der Waals surface area (Å²) in [4.78, 5) is 15.7. The number of pyridine rings is 1. The van der Waals surface area contributed by atoms with Crippen molar-refractivity contribution in [2.45, 2.75) is 13.8 Å². The molecule has 7 heteroatoms. The van der Waals surface area contributed by atoms with Crippen LogP contribution in [-0.4, -0.2) is 44.3 Å². The van der Waals surface area contributed by atoms with Crippen molar-refractivity contribution in [3.63, 3.8) is 0 Å². The SMILES string of the molecule is CCN(CCO)c1ccc(Nc2ncc3ccn(-c4ccccn4)c3n2)c(C)c1. The lowest BCUT2D eigenvalue weighted by Crippen LogP contribution is -2.26. The minimum absolute atomic E-state index is 0.136. The second kappa shape index (κ2) is 8.28. The molecule has 0 atom stereocenters. The molecule has 7 nitrogen and oxygen atoms in total. The van der Waals surface area contributed by atoms with Crippen LogP contribution in [0.4, 0.5) is 17.3 Å². The molecule has 0 aliphatic heterocycles. The Hall–Kier alpha value is -3.45. The quantitative estimate of drug-likeness (QED) is 0.503. The number of aliphatic hydroxyl groups is 1. The molecule has 3 aromatic heterocycles. The number of nitrogens with one attached hydrogen (secondary N) is 1. The van der Waals surface area contributed by atoms with E-state index in [4.69, 9.17) is 4.98 Å². The van der Waals surface area contributed by atoms with Gasteiger partial charge in [-0.2, -0.15) is 4.98 Å². The van der Waals surface area contributed by atoms with Crippen LogP contribution in [0, 0.1) is 6.92 Å². The maximum Gasteiger partial charge on any atom is 0.229 e. The summed E-state index contributed by atoms with van der Waals surface area (Å²) in [5.41, 5.74) is 3.92. The smallest absolute Gasteiger partial charge is 0.229 e. The predicted molar refractivity (Wildman–Crippen MR) is 116 cm³/mol. The first-order valence-electron chi connectivity index (χ1n) is 9.68. The molecule has 29 heavy (non-hydrogen) atoms. The molecule has 0 radical (unpaired) electrons. The van der Waals surface area contributed by atoms with Gasteiger partial charge in [-0.3, -0.25) is 4.57 Å². The van der Waals surface area contributed by atoms with Gasteiger partial charge in [0, 0.05) is 48.4 Å². The lowest BCUT2D eigenvalue weighted by atomic mass is 10.1. The first-order valence-corrected chi connectivity index (χ1v) is 9.68. The Bertz CT molecular complexity index is 1110. The Morgan fingerprint density at radius 3 is 2.76 bits per heavy atom. The van der Waals surface area contributed by atoms with Crippen molar-refractivity contribution in [3.8, 4) is 5.82 Å². The minimum Gasteiger partial charge on any atom is -0.395 e. The van der Waals surface area contributed by atoms with Gasteiger partial charge in [0.2, 0.25) is 5.95 Å². The van der Waals surface area contributed by atoms with Gasteiger partial charge in [0.1, 0.15) is 5.82 Å². The summed E-state index contributed by atoms with van der Waals surface area (Å²) in [5, 5.41) is 13.5. The van der Waals surface area contributed by atoms with Crippen molar-refractivity contribution in [1.29, 1.82) is 0 Å². The molecule has 3 heterocycles. The monoisotopic (exact) mass is 388 g/mol. The van der Waals surface area contributed by atoms with Gasteiger partial charge < -0.3 is 15.3 Å². The summed E-state index contributed by atoms with van der Waals surface area (Å²) in [5.74, 6) is 1.35. The molecule has 0 spiro atoms. The van der Waals surface area contributed by atoms with E-state index < -0.39 is 0 Å². The standard InChI is InChI=1S/C22H24N6O/c1-3-27(12-13-29)18-7-8-19(16(2)14-18)25-22-24-15-17-9-11-28(21(17)26-22)20-6-4-5-10-23-20/h4-11,14-15,29H,3,12-13H2,1-2H3,(H,24,25,26). The maximum absolute atomic E-state index is 9.24. The number of aromatic nitrogens is 4. The molecule has 4 aromatic rings. The van der Waals surface area contributed by atoms with Crippen LogP contribution in [0.15, 0.2) is 61.1 Å². The molecule has 0 aliphatic rings. The molecular weight excluding hydrogens is 364 g/mol. The van der Waals surface area contributed by atoms with Crippen LogP contribution in [0.5, 0.6) is 0 Å². The van der Waals surface area contributed by atoms with E-state index in [1.807, 2.05) is 60.3 Å². The highest BCUT2D eigenvalue weighted by Crippen LogP contribution is 2.25. The average molecular weight is 388 g/mol. The van der Waals surface area contributed by atoms with Gasteiger partial charge in [-0.25, -0.2) is 9.97 Å². The number of likely N-dealkylation sites (N-methyl/N-ethyl adjacent to an activating group) is 1. The van der Waals surface area contributed by atoms with Gasteiger partial charge in [0.05, 0.1) is 6.61 Å². The molecule has 0 unspecified atom stereocenters. The molecule has 2 N–H and O–H groups in total. The summed E-state index contributed by atoms with van der Waals surface area (Å²) >= 11 is 0. The summed E-state index contributed by atoms with van der Waals surface area (Å²) in [6.45, 7) is 5.73. The Kier molecular flexibility index (Phi) is 5.39. The summed E-state index contributed by atoms with van der Waals surface area (Å²) in [6.07, 6.45) is 5.53. The van der Waals surface area contributed by atoms with Gasteiger partial charge in [0.15, 0.2) is 5.65 Å². The highest BCUT2D eigenvalue weighted by molar-refractivity contribution is 5.78. The maximum atomic E-state index is 9.24. The fourth-order valence-corrected chi connectivity index (χ4v) is 3.36. The zero-order valence-electron chi connectivity index (χ0n) is 16.6. The van der Waals surface area contributed by atoms with Crippen LogP contribution in [-0.2, 0) is 0 Å². The molecule has 0 saturated heterocycles. The third kappa shape index (κ3) is 3.90. The van der Waals surface area contributed by atoms with E-state index >= 15 is 0 Å². The van der Waals surface area contributed by atoms with E-state index in [9.17, 15) is 5.11 Å². The van der Waals surface area contributed by atoms with Gasteiger partial charge in [0.25, 0.3) is 0 Å². The van der Waals surface area contributed by atoms with E-state index in [1.54, 1.807) is 6.20 Å².